The standard InChI is InChI=1S/C13H14N2O2S/c1-9-14-10(8-18-9)13(16)15-6-2-4-11(15)12-5-3-7-17-12/h3,5,7-8,11H,2,4,6H2,1H3/t11-/m0/s1. The molecule has 4 nitrogen and oxygen atoms in total. The maximum Gasteiger partial charge on any atom is 0.273 e. The normalized spacial score (nSPS) is 19.4. The van der Waals surface area contributed by atoms with Crippen molar-refractivity contribution < 1.29 is 9.21 Å². The third-order valence-electron chi connectivity index (χ3n) is 3.22. The number of thiazole rings is 1. The number of rotatable bonds is 2. The van der Waals surface area contributed by atoms with Crippen molar-refractivity contribution in [3.8, 4) is 0 Å². The van der Waals surface area contributed by atoms with Crippen molar-refractivity contribution in [3.63, 3.8) is 0 Å². The highest BCUT2D eigenvalue weighted by Crippen LogP contribution is 2.33. The molecule has 0 aliphatic carbocycles. The van der Waals surface area contributed by atoms with Gasteiger partial charge in [0.05, 0.1) is 17.3 Å². The first-order valence-corrected chi connectivity index (χ1v) is 6.90. The third-order valence-corrected chi connectivity index (χ3v) is 4.00. The van der Waals surface area contributed by atoms with E-state index in [1.165, 1.54) is 11.3 Å². The van der Waals surface area contributed by atoms with E-state index in [-0.39, 0.29) is 11.9 Å². The van der Waals surface area contributed by atoms with Gasteiger partial charge < -0.3 is 9.32 Å². The lowest BCUT2D eigenvalue weighted by atomic mass is 10.1. The zero-order valence-electron chi connectivity index (χ0n) is 10.1. The first kappa shape index (κ1) is 11.5. The summed E-state index contributed by atoms with van der Waals surface area (Å²) in [6, 6.07) is 3.86. The van der Waals surface area contributed by atoms with E-state index in [4.69, 9.17) is 4.42 Å². The number of nitrogens with zero attached hydrogens (tertiary/aromatic N) is 2. The van der Waals surface area contributed by atoms with Crippen molar-refractivity contribution in [2.24, 2.45) is 0 Å². The molecule has 0 saturated carbocycles. The number of aromatic nitrogens is 1. The Morgan fingerprint density at radius 3 is 3.17 bits per heavy atom. The van der Waals surface area contributed by atoms with Crippen LogP contribution in [0.4, 0.5) is 0 Å². The quantitative estimate of drug-likeness (QED) is 0.835. The zero-order chi connectivity index (χ0) is 12.5. The molecular formula is C13H14N2O2S. The summed E-state index contributed by atoms with van der Waals surface area (Å²) in [6.07, 6.45) is 3.63. The van der Waals surface area contributed by atoms with E-state index in [0.717, 1.165) is 30.2 Å². The molecule has 1 saturated heterocycles. The lowest BCUT2D eigenvalue weighted by Crippen LogP contribution is -2.30. The number of likely N-dealkylation sites (tertiary alicyclic amines) is 1. The van der Waals surface area contributed by atoms with Crippen LogP contribution in [0.25, 0.3) is 0 Å². The molecule has 0 unspecified atom stereocenters. The van der Waals surface area contributed by atoms with E-state index in [1.54, 1.807) is 6.26 Å². The zero-order valence-corrected chi connectivity index (χ0v) is 10.9. The molecule has 2 aromatic rings. The summed E-state index contributed by atoms with van der Waals surface area (Å²) in [5.41, 5.74) is 0.552. The molecule has 3 heterocycles. The Labute approximate surface area is 109 Å². The molecule has 0 N–H and O–H groups in total. The molecule has 0 bridgehead atoms. The molecule has 0 aromatic carbocycles. The van der Waals surface area contributed by atoms with Gasteiger partial charge in [-0.3, -0.25) is 4.79 Å². The molecule has 2 aromatic heterocycles. The van der Waals surface area contributed by atoms with Crippen LogP contribution in [-0.4, -0.2) is 22.3 Å². The highest BCUT2D eigenvalue weighted by molar-refractivity contribution is 7.09. The fraction of sp³-hybridized carbons (Fsp3) is 0.385. The molecule has 0 spiro atoms. The van der Waals surface area contributed by atoms with Crippen LogP contribution in [0.3, 0.4) is 0 Å². The predicted octanol–water partition coefficient (Wildman–Crippen LogP) is 3.02. The molecule has 0 radical (unpaired) electrons. The summed E-state index contributed by atoms with van der Waals surface area (Å²) in [4.78, 5) is 18.5. The first-order valence-electron chi connectivity index (χ1n) is 6.02. The topological polar surface area (TPSA) is 46.3 Å². The van der Waals surface area contributed by atoms with Gasteiger partial charge in [-0.15, -0.1) is 11.3 Å². The number of hydrogen-bond donors (Lipinski definition) is 0. The van der Waals surface area contributed by atoms with Crippen LogP contribution in [0.2, 0.25) is 0 Å². The van der Waals surface area contributed by atoms with Gasteiger partial charge in [-0.2, -0.15) is 0 Å². The van der Waals surface area contributed by atoms with Crippen LogP contribution in [0, 0.1) is 6.92 Å². The molecule has 1 aliphatic heterocycles. The van der Waals surface area contributed by atoms with E-state index in [9.17, 15) is 4.79 Å². The second-order valence-corrected chi connectivity index (χ2v) is 5.49. The number of amides is 1. The van der Waals surface area contributed by atoms with Crippen LogP contribution in [-0.2, 0) is 0 Å². The van der Waals surface area contributed by atoms with Gasteiger partial charge in [0.15, 0.2) is 0 Å². The van der Waals surface area contributed by atoms with Crippen LogP contribution < -0.4 is 0 Å². The molecule has 1 amide bonds. The first-order chi connectivity index (χ1) is 8.75. The monoisotopic (exact) mass is 262 g/mol. The van der Waals surface area contributed by atoms with Gasteiger partial charge in [0.1, 0.15) is 11.5 Å². The largest absolute Gasteiger partial charge is 0.467 e. The molecule has 3 rings (SSSR count). The van der Waals surface area contributed by atoms with E-state index < -0.39 is 0 Å². The van der Waals surface area contributed by atoms with Gasteiger partial charge in [-0.25, -0.2) is 4.98 Å². The fourth-order valence-electron chi connectivity index (χ4n) is 2.40. The average Bonchev–Trinajstić information content (AvgIpc) is 3.08. The Kier molecular flexibility index (Phi) is 2.91. The Bertz CT molecular complexity index is 547. The van der Waals surface area contributed by atoms with Crippen molar-refractivity contribution in [2.75, 3.05) is 6.54 Å². The van der Waals surface area contributed by atoms with E-state index in [0.29, 0.717) is 5.69 Å². The Balaban J connectivity index is 1.85. The summed E-state index contributed by atoms with van der Waals surface area (Å²) >= 11 is 1.51. The van der Waals surface area contributed by atoms with Crippen molar-refractivity contribution in [2.45, 2.75) is 25.8 Å². The molecule has 1 aliphatic rings. The van der Waals surface area contributed by atoms with E-state index >= 15 is 0 Å². The van der Waals surface area contributed by atoms with Crippen molar-refractivity contribution in [3.05, 3.63) is 40.2 Å². The number of furan rings is 1. The van der Waals surface area contributed by atoms with E-state index in [2.05, 4.69) is 4.98 Å². The van der Waals surface area contributed by atoms with Crippen LogP contribution >= 0.6 is 11.3 Å². The average molecular weight is 262 g/mol. The number of aryl methyl sites for hydroxylation is 1. The van der Waals surface area contributed by atoms with Crippen molar-refractivity contribution >= 4 is 17.2 Å². The van der Waals surface area contributed by atoms with Gasteiger partial charge >= 0.3 is 0 Å². The second kappa shape index (κ2) is 4.57. The molecule has 1 atom stereocenters. The number of carbonyl (C=O) groups is 1. The summed E-state index contributed by atoms with van der Waals surface area (Å²) in [5.74, 6) is 0.881. The van der Waals surface area contributed by atoms with Gasteiger partial charge in [-0.05, 0) is 31.9 Å². The minimum absolute atomic E-state index is 0.0123. The summed E-state index contributed by atoms with van der Waals surface area (Å²) in [5, 5.41) is 2.75. The minimum atomic E-state index is 0.0123. The minimum Gasteiger partial charge on any atom is -0.467 e. The van der Waals surface area contributed by atoms with Gasteiger partial charge in [0, 0.05) is 11.9 Å². The SMILES string of the molecule is Cc1nc(C(=O)N2CCC[C@H]2c2ccco2)cs1. The molecule has 18 heavy (non-hydrogen) atoms. The Morgan fingerprint density at radius 1 is 1.61 bits per heavy atom. The summed E-state index contributed by atoms with van der Waals surface area (Å²) in [6.45, 7) is 2.69. The summed E-state index contributed by atoms with van der Waals surface area (Å²) in [7, 11) is 0. The number of carbonyl (C=O) groups excluding carboxylic acids is 1. The lowest BCUT2D eigenvalue weighted by Gasteiger charge is -2.22. The molecule has 1 fully saturated rings. The predicted molar refractivity (Wildman–Crippen MR) is 68.6 cm³/mol. The van der Waals surface area contributed by atoms with E-state index in [1.807, 2.05) is 29.3 Å². The second-order valence-electron chi connectivity index (χ2n) is 4.42. The van der Waals surface area contributed by atoms with Gasteiger partial charge in [-0.1, -0.05) is 0 Å². The maximum absolute atomic E-state index is 12.4. The van der Waals surface area contributed by atoms with Crippen LogP contribution in [0.15, 0.2) is 28.2 Å². The van der Waals surface area contributed by atoms with Crippen LogP contribution in [0.5, 0.6) is 0 Å². The molecular weight excluding hydrogens is 248 g/mol. The van der Waals surface area contributed by atoms with Crippen molar-refractivity contribution in [1.29, 1.82) is 0 Å². The molecule has 94 valence electrons. The van der Waals surface area contributed by atoms with Crippen molar-refractivity contribution in [1.82, 2.24) is 9.88 Å². The summed E-state index contributed by atoms with van der Waals surface area (Å²) < 4.78 is 5.43. The highest BCUT2D eigenvalue weighted by Gasteiger charge is 2.33. The third kappa shape index (κ3) is 1.95. The smallest absolute Gasteiger partial charge is 0.273 e. The lowest BCUT2D eigenvalue weighted by molar-refractivity contribution is 0.0714. The Morgan fingerprint density at radius 2 is 2.50 bits per heavy atom. The number of hydrogen-bond acceptors (Lipinski definition) is 4. The maximum atomic E-state index is 12.4. The molecule has 5 heteroatoms. The fourth-order valence-corrected chi connectivity index (χ4v) is 2.98. The van der Waals surface area contributed by atoms with Crippen LogP contribution in [0.1, 0.15) is 40.1 Å². The Hall–Kier alpha value is -1.62. The highest BCUT2D eigenvalue weighted by atomic mass is 32.1. The van der Waals surface area contributed by atoms with Gasteiger partial charge in [0.25, 0.3) is 5.91 Å². The van der Waals surface area contributed by atoms with Gasteiger partial charge in [0.2, 0.25) is 0 Å².